The number of amides is 1. The molecule has 1 saturated heterocycles. The van der Waals surface area contributed by atoms with Crippen LogP contribution in [0.5, 0.6) is 0 Å². The lowest BCUT2D eigenvalue weighted by Crippen LogP contribution is -2.32. The Morgan fingerprint density at radius 3 is 3.12 bits per heavy atom. The summed E-state index contributed by atoms with van der Waals surface area (Å²) in [6.45, 7) is 1.10. The van der Waals surface area contributed by atoms with Crippen molar-refractivity contribution in [2.24, 2.45) is 0 Å². The monoisotopic (exact) mass is 378 g/mol. The first kappa shape index (κ1) is 16.8. The quantitative estimate of drug-likeness (QED) is 0.717. The Hall–Kier alpha value is -2.65. The van der Waals surface area contributed by atoms with Crippen molar-refractivity contribution in [2.75, 3.05) is 13.2 Å². The molecule has 3 heterocycles. The zero-order valence-corrected chi connectivity index (χ0v) is 14.4. The molecule has 10 heteroatoms. The van der Waals surface area contributed by atoms with Gasteiger partial charge in [-0.25, -0.2) is 4.79 Å². The molecule has 0 spiro atoms. The minimum absolute atomic E-state index is 0.00527. The average Bonchev–Trinajstić information content (AvgIpc) is 3.35. The second-order valence-electron chi connectivity index (χ2n) is 5.93. The summed E-state index contributed by atoms with van der Waals surface area (Å²) in [6.07, 6.45) is 1.92. The van der Waals surface area contributed by atoms with Crippen LogP contribution < -0.4 is 11.1 Å². The maximum absolute atomic E-state index is 12.1. The minimum Gasteiger partial charge on any atom is -0.408 e. The zero-order chi connectivity index (χ0) is 18.1. The van der Waals surface area contributed by atoms with E-state index in [0.717, 1.165) is 12.8 Å². The van der Waals surface area contributed by atoms with E-state index < -0.39 is 11.7 Å². The lowest BCUT2D eigenvalue weighted by molar-refractivity contribution is 0.0822. The molecule has 136 valence electrons. The van der Waals surface area contributed by atoms with E-state index >= 15 is 0 Å². The van der Waals surface area contributed by atoms with Crippen molar-refractivity contribution in [3.63, 3.8) is 0 Å². The van der Waals surface area contributed by atoms with Crippen LogP contribution in [0.15, 0.2) is 31.9 Å². The molecule has 1 atom stereocenters. The van der Waals surface area contributed by atoms with Gasteiger partial charge < -0.3 is 19.0 Å². The summed E-state index contributed by atoms with van der Waals surface area (Å²) in [5, 5.41) is 6.91. The molecular formula is C16H15ClN4O5. The van der Waals surface area contributed by atoms with Crippen molar-refractivity contribution < 1.29 is 18.5 Å². The molecule has 1 fully saturated rings. The molecule has 0 aliphatic carbocycles. The van der Waals surface area contributed by atoms with Gasteiger partial charge in [0.05, 0.1) is 18.2 Å². The van der Waals surface area contributed by atoms with Gasteiger partial charge in [-0.15, -0.1) is 0 Å². The maximum Gasteiger partial charge on any atom is 0.420 e. The van der Waals surface area contributed by atoms with Crippen LogP contribution in [0.1, 0.15) is 29.4 Å². The number of hydrogen-bond acceptors (Lipinski definition) is 7. The Labute approximate surface area is 151 Å². The van der Waals surface area contributed by atoms with Crippen molar-refractivity contribution in [1.82, 2.24) is 20.0 Å². The number of ether oxygens (including phenoxy) is 1. The molecule has 26 heavy (non-hydrogen) atoms. The van der Waals surface area contributed by atoms with Gasteiger partial charge in [-0.05, 0) is 31.0 Å². The second-order valence-corrected chi connectivity index (χ2v) is 6.36. The normalized spacial score (nSPS) is 17.0. The average molecular weight is 379 g/mol. The summed E-state index contributed by atoms with van der Waals surface area (Å²) in [6, 6.07) is 4.84. The summed E-state index contributed by atoms with van der Waals surface area (Å²) < 4.78 is 16.9. The van der Waals surface area contributed by atoms with E-state index in [4.69, 9.17) is 25.3 Å². The highest BCUT2D eigenvalue weighted by Crippen LogP contribution is 2.19. The topological polar surface area (TPSA) is 112 Å². The van der Waals surface area contributed by atoms with Crippen LogP contribution in [0.3, 0.4) is 0 Å². The van der Waals surface area contributed by atoms with Gasteiger partial charge in [0.25, 0.3) is 0 Å². The number of rotatable bonds is 5. The third-order valence-corrected chi connectivity index (χ3v) is 4.34. The summed E-state index contributed by atoms with van der Waals surface area (Å²) in [4.78, 5) is 28.1. The van der Waals surface area contributed by atoms with Gasteiger partial charge in [0.2, 0.25) is 0 Å². The van der Waals surface area contributed by atoms with Crippen LogP contribution in [-0.4, -0.2) is 39.9 Å². The molecule has 1 aromatic carbocycles. The van der Waals surface area contributed by atoms with Gasteiger partial charge in [-0.2, -0.15) is 4.98 Å². The SMILES string of the molecule is O=C(NC[C@H]1CCCO1)c1nc(Cn2c(=O)oc3ccc(Cl)cc32)no1. The van der Waals surface area contributed by atoms with E-state index in [2.05, 4.69) is 15.5 Å². The van der Waals surface area contributed by atoms with E-state index in [1.54, 1.807) is 18.2 Å². The number of benzene rings is 1. The lowest BCUT2D eigenvalue weighted by atomic mass is 10.2. The molecule has 0 unspecified atom stereocenters. The largest absolute Gasteiger partial charge is 0.420 e. The minimum atomic E-state index is -0.573. The molecule has 0 bridgehead atoms. The van der Waals surface area contributed by atoms with Gasteiger partial charge in [0.15, 0.2) is 11.4 Å². The molecule has 4 rings (SSSR count). The Morgan fingerprint density at radius 2 is 2.31 bits per heavy atom. The maximum atomic E-state index is 12.1. The molecule has 1 N–H and O–H groups in total. The molecule has 3 aromatic rings. The van der Waals surface area contributed by atoms with E-state index in [1.165, 1.54) is 4.57 Å². The predicted octanol–water partition coefficient (Wildman–Crippen LogP) is 1.59. The third-order valence-electron chi connectivity index (χ3n) is 4.11. The second kappa shape index (κ2) is 6.93. The van der Waals surface area contributed by atoms with E-state index in [1.807, 2.05) is 0 Å². The first-order chi connectivity index (χ1) is 12.6. The molecule has 0 saturated carbocycles. The van der Waals surface area contributed by atoms with E-state index in [9.17, 15) is 9.59 Å². The van der Waals surface area contributed by atoms with E-state index in [0.29, 0.717) is 29.3 Å². The number of carbonyl (C=O) groups excluding carboxylic acids is 1. The van der Waals surface area contributed by atoms with Crippen molar-refractivity contribution in [3.05, 3.63) is 45.5 Å². The van der Waals surface area contributed by atoms with Crippen molar-refractivity contribution in [2.45, 2.75) is 25.5 Å². The summed E-state index contributed by atoms with van der Waals surface area (Å²) >= 11 is 5.97. The summed E-state index contributed by atoms with van der Waals surface area (Å²) in [5.41, 5.74) is 0.911. The fraction of sp³-hybridized carbons (Fsp3) is 0.375. The molecule has 1 aliphatic rings. The number of fused-ring (bicyclic) bond motifs is 1. The standard InChI is InChI=1S/C16H15ClN4O5/c17-9-3-4-12-11(6-9)21(16(23)25-12)8-13-19-15(26-20-13)14(22)18-7-10-2-1-5-24-10/h3-4,6,10H,1-2,5,7-8H2,(H,18,22)/t10-/m1/s1. The molecular weight excluding hydrogens is 364 g/mol. The number of hydrogen-bond donors (Lipinski definition) is 1. The summed E-state index contributed by atoms with van der Waals surface area (Å²) in [7, 11) is 0. The molecule has 2 aromatic heterocycles. The van der Waals surface area contributed by atoms with Crippen LogP contribution in [0, 0.1) is 0 Å². The highest BCUT2D eigenvalue weighted by Gasteiger charge is 2.20. The van der Waals surface area contributed by atoms with Crippen LogP contribution in [-0.2, 0) is 11.3 Å². The van der Waals surface area contributed by atoms with E-state index in [-0.39, 0.29) is 24.4 Å². The van der Waals surface area contributed by atoms with Crippen molar-refractivity contribution >= 4 is 28.6 Å². The smallest absolute Gasteiger partial charge is 0.408 e. The number of oxazole rings is 1. The highest BCUT2D eigenvalue weighted by molar-refractivity contribution is 6.31. The molecule has 1 aliphatic heterocycles. The molecule has 1 amide bonds. The summed E-state index contributed by atoms with van der Waals surface area (Å²) in [5.74, 6) is -1.04. The highest BCUT2D eigenvalue weighted by atomic mass is 35.5. The van der Waals surface area contributed by atoms with Crippen molar-refractivity contribution in [3.8, 4) is 0 Å². The van der Waals surface area contributed by atoms with Crippen LogP contribution in [0.25, 0.3) is 11.1 Å². The Bertz CT molecular complexity index is 1000. The fourth-order valence-electron chi connectivity index (χ4n) is 2.82. The first-order valence-corrected chi connectivity index (χ1v) is 8.49. The number of carbonyl (C=O) groups is 1. The Balaban J connectivity index is 1.48. The van der Waals surface area contributed by atoms with Crippen LogP contribution in [0.4, 0.5) is 0 Å². The van der Waals surface area contributed by atoms with Gasteiger partial charge >= 0.3 is 17.6 Å². The zero-order valence-electron chi connectivity index (χ0n) is 13.6. The predicted molar refractivity (Wildman–Crippen MR) is 90.2 cm³/mol. The van der Waals surface area contributed by atoms with Gasteiger partial charge in [0, 0.05) is 18.2 Å². The van der Waals surface area contributed by atoms with Crippen LogP contribution in [0.2, 0.25) is 5.02 Å². The Kier molecular flexibility index (Phi) is 4.48. The molecule has 0 radical (unpaired) electrons. The van der Waals surface area contributed by atoms with Crippen molar-refractivity contribution in [1.29, 1.82) is 0 Å². The van der Waals surface area contributed by atoms with Gasteiger partial charge in [0.1, 0.15) is 0 Å². The Morgan fingerprint density at radius 1 is 1.42 bits per heavy atom. The lowest BCUT2D eigenvalue weighted by Gasteiger charge is -2.08. The first-order valence-electron chi connectivity index (χ1n) is 8.11. The van der Waals surface area contributed by atoms with Gasteiger partial charge in [-0.1, -0.05) is 16.8 Å². The number of nitrogens with zero attached hydrogens (tertiary/aromatic N) is 3. The number of halogens is 1. The van der Waals surface area contributed by atoms with Gasteiger partial charge in [-0.3, -0.25) is 9.36 Å². The molecule has 9 nitrogen and oxygen atoms in total. The third kappa shape index (κ3) is 3.35. The number of nitrogens with one attached hydrogen (secondary N) is 1. The fourth-order valence-corrected chi connectivity index (χ4v) is 2.99. The van der Waals surface area contributed by atoms with Crippen LogP contribution >= 0.6 is 11.6 Å². The number of aromatic nitrogens is 3.